The number of hydrogen-bond acceptors (Lipinski definition) is 2. The van der Waals surface area contributed by atoms with Crippen LogP contribution in [0.25, 0.3) is 0 Å². The average molecular weight is 227 g/mol. The van der Waals surface area contributed by atoms with E-state index in [2.05, 4.69) is 6.08 Å². The van der Waals surface area contributed by atoms with E-state index < -0.39 is 6.10 Å². The Hall–Kier alpha value is -0.730. The number of hydrogen-bond donors (Lipinski definition) is 1. The summed E-state index contributed by atoms with van der Waals surface area (Å²) in [7, 11) is 0. The van der Waals surface area contributed by atoms with E-state index in [1.165, 1.54) is 12.8 Å². The largest absolute Gasteiger partial charge is 0.447 e. The third-order valence-corrected chi connectivity index (χ3v) is 2.99. The van der Waals surface area contributed by atoms with Crippen molar-refractivity contribution in [2.24, 2.45) is 0 Å². The van der Waals surface area contributed by atoms with E-state index in [4.69, 9.17) is 16.0 Å². The Labute approximate surface area is 94.5 Å². The van der Waals surface area contributed by atoms with Crippen molar-refractivity contribution in [1.82, 2.24) is 0 Å². The molecule has 0 fully saturated rings. The van der Waals surface area contributed by atoms with Crippen LogP contribution in [0.3, 0.4) is 0 Å². The predicted molar refractivity (Wildman–Crippen MR) is 59.8 cm³/mol. The highest BCUT2D eigenvalue weighted by Crippen LogP contribution is 2.30. The van der Waals surface area contributed by atoms with Gasteiger partial charge in [0.15, 0.2) is 5.22 Å². The first-order chi connectivity index (χ1) is 7.27. The van der Waals surface area contributed by atoms with E-state index in [1.807, 2.05) is 0 Å². The van der Waals surface area contributed by atoms with Crippen LogP contribution in [-0.2, 0) is 0 Å². The smallest absolute Gasteiger partial charge is 0.193 e. The minimum Gasteiger partial charge on any atom is -0.447 e. The molecule has 82 valence electrons. The molecule has 0 bridgehead atoms. The molecular formula is C12H15ClO2. The lowest BCUT2D eigenvalue weighted by Crippen LogP contribution is -1.99. The van der Waals surface area contributed by atoms with E-state index in [0.29, 0.717) is 11.0 Å². The van der Waals surface area contributed by atoms with Crippen LogP contribution in [-0.4, -0.2) is 5.11 Å². The highest BCUT2D eigenvalue weighted by atomic mass is 35.5. The lowest BCUT2D eigenvalue weighted by atomic mass is 10.0. The summed E-state index contributed by atoms with van der Waals surface area (Å²) in [6.07, 6.45) is 7.14. The molecule has 1 aromatic rings. The van der Waals surface area contributed by atoms with Crippen molar-refractivity contribution in [3.05, 3.63) is 34.8 Å². The van der Waals surface area contributed by atoms with Gasteiger partial charge in [0, 0.05) is 0 Å². The molecule has 0 aromatic carbocycles. The quantitative estimate of drug-likeness (QED) is 0.777. The molecule has 0 amide bonds. The molecule has 1 unspecified atom stereocenters. The summed E-state index contributed by atoms with van der Waals surface area (Å²) in [5.74, 6) is 0.549. The van der Waals surface area contributed by atoms with Gasteiger partial charge in [0.25, 0.3) is 0 Å². The summed E-state index contributed by atoms with van der Waals surface area (Å²) >= 11 is 5.68. The van der Waals surface area contributed by atoms with Gasteiger partial charge in [-0.05, 0) is 55.0 Å². The molecule has 1 N–H and O–H groups in total. The van der Waals surface area contributed by atoms with Gasteiger partial charge < -0.3 is 9.52 Å². The third-order valence-electron chi connectivity index (χ3n) is 2.79. The fourth-order valence-corrected chi connectivity index (χ4v) is 2.10. The number of halogens is 1. The number of aliphatic hydroxyl groups is 1. The molecule has 0 spiro atoms. The van der Waals surface area contributed by atoms with E-state index in [9.17, 15) is 5.11 Å². The van der Waals surface area contributed by atoms with Gasteiger partial charge in [0.1, 0.15) is 11.9 Å². The van der Waals surface area contributed by atoms with Crippen molar-refractivity contribution in [3.63, 3.8) is 0 Å². The van der Waals surface area contributed by atoms with Crippen molar-refractivity contribution in [2.45, 2.75) is 38.2 Å². The Balaban J connectivity index is 2.12. The number of aliphatic hydroxyl groups excluding tert-OH is 1. The standard InChI is InChI=1S/C12H15ClO2/c13-11-8-7-10(15-11)12(14)9-5-3-1-2-4-6-9/h5,7-8,12,14H,1-4,6H2. The Morgan fingerprint density at radius 3 is 2.87 bits per heavy atom. The van der Waals surface area contributed by atoms with Gasteiger partial charge >= 0.3 is 0 Å². The van der Waals surface area contributed by atoms with E-state index in [1.54, 1.807) is 12.1 Å². The molecule has 0 saturated carbocycles. The summed E-state index contributed by atoms with van der Waals surface area (Å²) in [5.41, 5.74) is 1.07. The minimum absolute atomic E-state index is 0.332. The highest BCUT2D eigenvalue weighted by Gasteiger charge is 2.17. The van der Waals surface area contributed by atoms with Crippen LogP contribution in [0.4, 0.5) is 0 Å². The molecule has 0 aliphatic heterocycles. The molecule has 1 aliphatic carbocycles. The van der Waals surface area contributed by atoms with Gasteiger partial charge in [0.2, 0.25) is 0 Å². The third kappa shape index (κ3) is 2.64. The summed E-state index contributed by atoms with van der Waals surface area (Å²) in [4.78, 5) is 0. The van der Waals surface area contributed by atoms with Crippen LogP contribution in [0.5, 0.6) is 0 Å². The molecule has 0 saturated heterocycles. The second-order valence-electron chi connectivity index (χ2n) is 3.92. The van der Waals surface area contributed by atoms with Crippen LogP contribution in [0.15, 0.2) is 28.2 Å². The van der Waals surface area contributed by atoms with Gasteiger partial charge in [-0.3, -0.25) is 0 Å². The zero-order valence-electron chi connectivity index (χ0n) is 8.58. The van der Waals surface area contributed by atoms with E-state index in [-0.39, 0.29) is 0 Å². The molecular weight excluding hydrogens is 212 g/mol. The zero-order valence-corrected chi connectivity index (χ0v) is 9.33. The van der Waals surface area contributed by atoms with E-state index in [0.717, 1.165) is 24.8 Å². The predicted octanol–water partition coefficient (Wildman–Crippen LogP) is 3.86. The van der Waals surface area contributed by atoms with Crippen LogP contribution < -0.4 is 0 Å². The zero-order chi connectivity index (χ0) is 10.7. The molecule has 15 heavy (non-hydrogen) atoms. The lowest BCUT2D eigenvalue weighted by Gasteiger charge is -2.11. The number of rotatable bonds is 2. The average Bonchev–Trinajstić information content (AvgIpc) is 2.53. The van der Waals surface area contributed by atoms with Crippen LogP contribution >= 0.6 is 11.6 Å². The molecule has 1 aliphatic rings. The fraction of sp³-hybridized carbons (Fsp3) is 0.500. The molecule has 1 heterocycles. The van der Waals surface area contributed by atoms with Crippen molar-refractivity contribution in [3.8, 4) is 0 Å². The van der Waals surface area contributed by atoms with Crippen LogP contribution in [0.1, 0.15) is 44.0 Å². The van der Waals surface area contributed by atoms with Gasteiger partial charge in [-0.1, -0.05) is 12.5 Å². The summed E-state index contributed by atoms with van der Waals surface area (Å²) in [6.45, 7) is 0. The number of allylic oxidation sites excluding steroid dienone is 1. The second-order valence-corrected chi connectivity index (χ2v) is 4.30. The monoisotopic (exact) mass is 226 g/mol. The maximum absolute atomic E-state index is 10.1. The van der Waals surface area contributed by atoms with Crippen molar-refractivity contribution < 1.29 is 9.52 Å². The first-order valence-electron chi connectivity index (χ1n) is 5.39. The van der Waals surface area contributed by atoms with Gasteiger partial charge in [-0.15, -0.1) is 0 Å². The second kappa shape index (κ2) is 4.86. The summed E-state index contributed by atoms with van der Waals surface area (Å²) in [5, 5.41) is 10.4. The lowest BCUT2D eigenvalue weighted by molar-refractivity contribution is 0.181. The summed E-state index contributed by atoms with van der Waals surface area (Å²) in [6, 6.07) is 3.40. The first kappa shape index (κ1) is 10.8. The fourth-order valence-electron chi connectivity index (χ4n) is 1.95. The molecule has 3 heteroatoms. The van der Waals surface area contributed by atoms with Gasteiger partial charge in [-0.2, -0.15) is 0 Å². The Morgan fingerprint density at radius 1 is 1.27 bits per heavy atom. The molecule has 1 atom stereocenters. The number of furan rings is 1. The van der Waals surface area contributed by atoms with Crippen molar-refractivity contribution in [1.29, 1.82) is 0 Å². The molecule has 0 radical (unpaired) electrons. The molecule has 1 aromatic heterocycles. The Morgan fingerprint density at radius 2 is 2.13 bits per heavy atom. The first-order valence-corrected chi connectivity index (χ1v) is 5.77. The topological polar surface area (TPSA) is 33.4 Å². The SMILES string of the molecule is OC(C1=CCCCCC1)c1ccc(Cl)o1. The Kier molecular flexibility index (Phi) is 3.49. The van der Waals surface area contributed by atoms with Gasteiger partial charge in [-0.25, -0.2) is 0 Å². The van der Waals surface area contributed by atoms with Crippen molar-refractivity contribution >= 4 is 11.6 Å². The minimum atomic E-state index is -0.615. The van der Waals surface area contributed by atoms with Crippen LogP contribution in [0, 0.1) is 0 Å². The van der Waals surface area contributed by atoms with Crippen molar-refractivity contribution in [2.75, 3.05) is 0 Å². The normalized spacial score (nSPS) is 19.5. The highest BCUT2D eigenvalue weighted by molar-refractivity contribution is 6.28. The molecule has 2 nitrogen and oxygen atoms in total. The molecule has 2 rings (SSSR count). The maximum atomic E-state index is 10.1. The van der Waals surface area contributed by atoms with Gasteiger partial charge in [0.05, 0.1) is 0 Å². The summed E-state index contributed by atoms with van der Waals surface area (Å²) < 4.78 is 5.21. The van der Waals surface area contributed by atoms with E-state index >= 15 is 0 Å². The van der Waals surface area contributed by atoms with Crippen LogP contribution in [0.2, 0.25) is 5.22 Å². The maximum Gasteiger partial charge on any atom is 0.193 e. The Bertz CT molecular complexity index is 354.